The van der Waals surface area contributed by atoms with Crippen LogP contribution in [0.15, 0.2) is 57.0 Å². The average molecular weight is 298 g/mol. The van der Waals surface area contributed by atoms with Gasteiger partial charge in [0.1, 0.15) is 5.52 Å². The molecule has 2 aromatic carbocycles. The lowest BCUT2D eigenvalue weighted by atomic mass is 9.87. The van der Waals surface area contributed by atoms with Crippen molar-refractivity contribution in [2.24, 2.45) is 0 Å². The van der Waals surface area contributed by atoms with Gasteiger partial charge < -0.3 is 10.2 Å². The fourth-order valence-electron chi connectivity index (χ4n) is 2.09. The van der Waals surface area contributed by atoms with Crippen molar-refractivity contribution in [3.8, 4) is 0 Å². The zero-order valence-corrected chi connectivity index (χ0v) is 13.2. The van der Waals surface area contributed by atoms with E-state index in [2.05, 4.69) is 50.0 Å². The number of anilines is 1. The van der Waals surface area contributed by atoms with E-state index in [0.717, 1.165) is 16.0 Å². The summed E-state index contributed by atoms with van der Waals surface area (Å²) in [6.07, 6.45) is 0. The molecule has 0 unspecified atom stereocenters. The number of nitrogens with zero attached hydrogens (tertiary/aromatic N) is 1. The van der Waals surface area contributed by atoms with Crippen molar-refractivity contribution < 1.29 is 4.42 Å². The highest BCUT2D eigenvalue weighted by atomic mass is 32.2. The van der Waals surface area contributed by atoms with E-state index in [4.69, 9.17) is 10.2 Å². The van der Waals surface area contributed by atoms with Gasteiger partial charge in [0.2, 0.25) is 0 Å². The molecule has 0 amide bonds. The number of hydrogen-bond acceptors (Lipinski definition) is 4. The van der Waals surface area contributed by atoms with Crippen molar-refractivity contribution >= 4 is 28.5 Å². The van der Waals surface area contributed by atoms with Crippen LogP contribution in [0.3, 0.4) is 0 Å². The van der Waals surface area contributed by atoms with Gasteiger partial charge in [-0.05, 0) is 47.0 Å². The molecule has 108 valence electrons. The lowest BCUT2D eigenvalue weighted by Crippen LogP contribution is -2.10. The normalized spacial score (nSPS) is 12.0. The highest BCUT2D eigenvalue weighted by Crippen LogP contribution is 2.32. The van der Waals surface area contributed by atoms with Gasteiger partial charge in [-0.15, -0.1) is 0 Å². The third-order valence-electron chi connectivity index (χ3n) is 3.32. The highest BCUT2D eigenvalue weighted by Gasteiger charge is 2.13. The Morgan fingerprint density at radius 2 is 1.76 bits per heavy atom. The second-order valence-corrected chi connectivity index (χ2v) is 7.11. The smallest absolute Gasteiger partial charge is 0.261 e. The lowest BCUT2D eigenvalue weighted by molar-refractivity contribution is 0.489. The molecule has 0 saturated heterocycles. The van der Waals surface area contributed by atoms with Crippen LogP contribution < -0.4 is 5.73 Å². The maximum absolute atomic E-state index is 5.75. The van der Waals surface area contributed by atoms with E-state index in [9.17, 15) is 0 Å². The number of hydrogen-bond donors (Lipinski definition) is 1. The SMILES string of the molecule is CC(C)(C)c1ccc(Sc2nc3ccc(N)cc3o2)cc1. The highest BCUT2D eigenvalue weighted by molar-refractivity contribution is 7.99. The molecule has 0 fully saturated rings. The fraction of sp³-hybridized carbons (Fsp3) is 0.235. The Morgan fingerprint density at radius 3 is 2.43 bits per heavy atom. The summed E-state index contributed by atoms with van der Waals surface area (Å²) in [6, 6.07) is 14.0. The van der Waals surface area contributed by atoms with E-state index >= 15 is 0 Å². The molecule has 4 heteroatoms. The van der Waals surface area contributed by atoms with Crippen molar-refractivity contribution in [1.82, 2.24) is 4.98 Å². The van der Waals surface area contributed by atoms with Crippen LogP contribution >= 0.6 is 11.8 Å². The van der Waals surface area contributed by atoms with Crippen molar-refractivity contribution in [2.45, 2.75) is 36.3 Å². The van der Waals surface area contributed by atoms with E-state index in [1.165, 1.54) is 17.3 Å². The number of nitrogens with two attached hydrogens (primary N) is 1. The van der Waals surface area contributed by atoms with Gasteiger partial charge >= 0.3 is 0 Å². The summed E-state index contributed by atoms with van der Waals surface area (Å²) in [7, 11) is 0. The van der Waals surface area contributed by atoms with E-state index < -0.39 is 0 Å². The number of rotatable bonds is 2. The van der Waals surface area contributed by atoms with E-state index in [-0.39, 0.29) is 5.41 Å². The molecule has 1 heterocycles. The van der Waals surface area contributed by atoms with Gasteiger partial charge in [0.15, 0.2) is 5.58 Å². The Hall–Kier alpha value is -1.94. The van der Waals surface area contributed by atoms with Crippen LogP contribution in [0.4, 0.5) is 5.69 Å². The molecule has 3 nitrogen and oxygen atoms in total. The molecular weight excluding hydrogens is 280 g/mol. The van der Waals surface area contributed by atoms with Crippen LogP contribution in [0, 0.1) is 0 Å². The first-order valence-electron chi connectivity index (χ1n) is 6.86. The summed E-state index contributed by atoms with van der Waals surface area (Å²) < 4.78 is 5.72. The van der Waals surface area contributed by atoms with Gasteiger partial charge in [0, 0.05) is 16.6 Å². The number of nitrogen functional groups attached to an aromatic ring is 1. The Bertz CT molecular complexity index is 770. The van der Waals surface area contributed by atoms with Crippen molar-refractivity contribution in [1.29, 1.82) is 0 Å². The molecule has 0 aliphatic rings. The van der Waals surface area contributed by atoms with Crippen LogP contribution in [0.1, 0.15) is 26.3 Å². The zero-order valence-electron chi connectivity index (χ0n) is 12.4. The molecule has 0 aliphatic heterocycles. The molecule has 0 spiro atoms. The molecule has 0 radical (unpaired) electrons. The molecule has 0 atom stereocenters. The van der Waals surface area contributed by atoms with Crippen LogP contribution in [0.25, 0.3) is 11.1 Å². The molecule has 21 heavy (non-hydrogen) atoms. The monoisotopic (exact) mass is 298 g/mol. The third kappa shape index (κ3) is 3.05. The molecule has 0 bridgehead atoms. The molecule has 2 N–H and O–H groups in total. The first kappa shape index (κ1) is 14.0. The zero-order chi connectivity index (χ0) is 15.0. The van der Waals surface area contributed by atoms with E-state index in [0.29, 0.717) is 10.9 Å². The predicted molar refractivity (Wildman–Crippen MR) is 87.7 cm³/mol. The topological polar surface area (TPSA) is 52.0 Å². The average Bonchev–Trinajstić information content (AvgIpc) is 2.79. The minimum atomic E-state index is 0.165. The molecule has 3 rings (SSSR count). The lowest BCUT2D eigenvalue weighted by Gasteiger charge is -2.18. The largest absolute Gasteiger partial charge is 0.431 e. The standard InChI is InChI=1S/C17H18N2OS/c1-17(2,3)11-4-7-13(8-5-11)21-16-19-14-9-6-12(18)10-15(14)20-16/h4-10H,18H2,1-3H3. The summed E-state index contributed by atoms with van der Waals surface area (Å²) in [4.78, 5) is 5.57. The van der Waals surface area contributed by atoms with Gasteiger partial charge in [-0.25, -0.2) is 4.98 Å². The van der Waals surface area contributed by atoms with Gasteiger partial charge in [-0.1, -0.05) is 32.9 Å². The first-order valence-corrected chi connectivity index (χ1v) is 7.68. The third-order valence-corrected chi connectivity index (χ3v) is 4.18. The van der Waals surface area contributed by atoms with E-state index in [1.54, 1.807) is 6.07 Å². The first-order chi connectivity index (χ1) is 9.91. The van der Waals surface area contributed by atoms with Crippen LogP contribution in [-0.4, -0.2) is 4.98 Å². The summed E-state index contributed by atoms with van der Waals surface area (Å²) in [5, 5.41) is 0.638. The Kier molecular flexibility index (Phi) is 3.41. The maximum atomic E-state index is 5.75. The van der Waals surface area contributed by atoms with E-state index in [1.807, 2.05) is 12.1 Å². The quantitative estimate of drug-likeness (QED) is 0.686. The molecule has 0 saturated carbocycles. The molecule has 0 aliphatic carbocycles. The minimum Gasteiger partial charge on any atom is -0.431 e. The number of aromatic nitrogens is 1. The van der Waals surface area contributed by atoms with Crippen molar-refractivity contribution in [3.63, 3.8) is 0 Å². The Morgan fingerprint density at radius 1 is 1.05 bits per heavy atom. The summed E-state index contributed by atoms with van der Waals surface area (Å²) in [5.74, 6) is 0. The molecule has 1 aromatic heterocycles. The summed E-state index contributed by atoms with van der Waals surface area (Å²) in [6.45, 7) is 6.63. The minimum absolute atomic E-state index is 0.165. The second kappa shape index (κ2) is 5.11. The van der Waals surface area contributed by atoms with Crippen molar-refractivity contribution in [2.75, 3.05) is 5.73 Å². The van der Waals surface area contributed by atoms with Crippen molar-refractivity contribution in [3.05, 3.63) is 48.0 Å². The number of fused-ring (bicyclic) bond motifs is 1. The summed E-state index contributed by atoms with van der Waals surface area (Å²) in [5.41, 5.74) is 9.47. The van der Waals surface area contributed by atoms with Gasteiger partial charge in [0.05, 0.1) is 0 Å². The summed E-state index contributed by atoms with van der Waals surface area (Å²) >= 11 is 1.52. The maximum Gasteiger partial charge on any atom is 0.261 e. The number of benzene rings is 2. The van der Waals surface area contributed by atoms with Crippen LogP contribution in [-0.2, 0) is 5.41 Å². The second-order valence-electron chi connectivity index (χ2n) is 6.08. The van der Waals surface area contributed by atoms with Gasteiger partial charge in [-0.3, -0.25) is 0 Å². The number of oxazole rings is 1. The Balaban J connectivity index is 1.84. The molecule has 3 aromatic rings. The van der Waals surface area contributed by atoms with Crippen LogP contribution in [0.2, 0.25) is 0 Å². The molecular formula is C17H18N2OS. The van der Waals surface area contributed by atoms with Crippen LogP contribution in [0.5, 0.6) is 0 Å². The van der Waals surface area contributed by atoms with Gasteiger partial charge in [0.25, 0.3) is 5.22 Å². The fourth-order valence-corrected chi connectivity index (χ4v) is 2.84. The predicted octanol–water partition coefficient (Wildman–Crippen LogP) is 4.86. The Labute approximate surface area is 128 Å². The van der Waals surface area contributed by atoms with Gasteiger partial charge in [-0.2, -0.15) is 0 Å².